The minimum Gasteiger partial charge on any atom is -0.308 e. The molecule has 0 amide bonds. The van der Waals surface area contributed by atoms with Crippen molar-refractivity contribution in [1.29, 1.82) is 0 Å². The second kappa shape index (κ2) is 6.36. The van der Waals surface area contributed by atoms with Crippen molar-refractivity contribution in [2.45, 2.75) is 6.04 Å². The van der Waals surface area contributed by atoms with E-state index in [0.29, 0.717) is 0 Å². The van der Waals surface area contributed by atoms with Gasteiger partial charge >= 0.3 is 0 Å². The molecular formula is C16H15IN4. The number of para-hydroxylation sites is 1. The minimum absolute atomic E-state index is 0.0509. The molecule has 3 rings (SSSR count). The van der Waals surface area contributed by atoms with Crippen LogP contribution in [0.5, 0.6) is 0 Å². The van der Waals surface area contributed by atoms with Crippen LogP contribution in [0.25, 0.3) is 5.69 Å². The molecule has 0 spiro atoms. The van der Waals surface area contributed by atoms with Crippen LogP contribution in [-0.4, -0.2) is 22.0 Å². The fourth-order valence-electron chi connectivity index (χ4n) is 2.38. The Balaban J connectivity index is 2.05. The van der Waals surface area contributed by atoms with Crippen LogP contribution in [0.2, 0.25) is 0 Å². The van der Waals surface area contributed by atoms with Crippen molar-refractivity contribution in [3.05, 3.63) is 75.6 Å². The first-order chi connectivity index (χ1) is 10.3. The van der Waals surface area contributed by atoms with Gasteiger partial charge in [-0.3, -0.25) is 0 Å². The summed E-state index contributed by atoms with van der Waals surface area (Å²) in [5.41, 5.74) is 3.23. The zero-order chi connectivity index (χ0) is 14.7. The molecule has 4 nitrogen and oxygen atoms in total. The van der Waals surface area contributed by atoms with E-state index in [1.54, 1.807) is 0 Å². The molecule has 0 aliphatic heterocycles. The van der Waals surface area contributed by atoms with E-state index in [2.05, 4.69) is 62.5 Å². The summed E-state index contributed by atoms with van der Waals surface area (Å²) in [6.45, 7) is 0. The Kier molecular flexibility index (Phi) is 4.31. The molecule has 2 aromatic carbocycles. The Morgan fingerprint density at radius 3 is 2.62 bits per heavy atom. The molecule has 21 heavy (non-hydrogen) atoms. The lowest BCUT2D eigenvalue weighted by atomic mass is 10.0. The van der Waals surface area contributed by atoms with Crippen LogP contribution < -0.4 is 5.32 Å². The zero-order valence-corrected chi connectivity index (χ0v) is 13.7. The molecule has 0 bridgehead atoms. The molecule has 106 valence electrons. The van der Waals surface area contributed by atoms with Gasteiger partial charge in [-0.1, -0.05) is 35.5 Å². The van der Waals surface area contributed by atoms with Gasteiger partial charge in [0.05, 0.1) is 23.6 Å². The van der Waals surface area contributed by atoms with Gasteiger partial charge in [0.1, 0.15) is 0 Å². The normalized spacial score (nSPS) is 12.3. The molecule has 0 saturated heterocycles. The van der Waals surface area contributed by atoms with Crippen molar-refractivity contribution >= 4 is 22.6 Å². The Bertz CT molecular complexity index is 724. The van der Waals surface area contributed by atoms with Gasteiger partial charge in [0.15, 0.2) is 0 Å². The maximum absolute atomic E-state index is 4.23. The molecule has 0 aliphatic rings. The zero-order valence-electron chi connectivity index (χ0n) is 11.6. The molecular weight excluding hydrogens is 375 g/mol. The standard InChI is InChI=1S/C16H15IN4/c1-18-16(12-6-5-7-13(17)10-12)15-11-19-20-21(15)14-8-3-2-4-9-14/h2-11,16,18H,1H3. The first-order valence-corrected chi connectivity index (χ1v) is 7.76. The van der Waals surface area contributed by atoms with Crippen molar-refractivity contribution < 1.29 is 0 Å². The van der Waals surface area contributed by atoms with Crippen LogP contribution in [0.4, 0.5) is 0 Å². The largest absolute Gasteiger partial charge is 0.308 e. The second-order valence-corrected chi connectivity index (χ2v) is 5.93. The molecule has 1 heterocycles. The van der Waals surface area contributed by atoms with Crippen molar-refractivity contribution in [3.63, 3.8) is 0 Å². The topological polar surface area (TPSA) is 42.7 Å². The molecule has 0 saturated carbocycles. The highest BCUT2D eigenvalue weighted by molar-refractivity contribution is 14.1. The fraction of sp³-hybridized carbons (Fsp3) is 0.125. The maximum atomic E-state index is 4.23. The van der Waals surface area contributed by atoms with Gasteiger partial charge in [-0.2, -0.15) is 0 Å². The molecule has 1 atom stereocenters. The Morgan fingerprint density at radius 2 is 1.90 bits per heavy atom. The van der Waals surface area contributed by atoms with Crippen LogP contribution >= 0.6 is 22.6 Å². The predicted octanol–water partition coefficient (Wildman–Crippen LogP) is 3.18. The second-order valence-electron chi connectivity index (χ2n) is 4.68. The van der Waals surface area contributed by atoms with Crippen molar-refractivity contribution in [1.82, 2.24) is 20.3 Å². The summed E-state index contributed by atoms with van der Waals surface area (Å²) >= 11 is 2.33. The Hall–Kier alpha value is -1.73. The van der Waals surface area contributed by atoms with E-state index in [0.717, 1.165) is 11.4 Å². The van der Waals surface area contributed by atoms with E-state index in [4.69, 9.17) is 0 Å². The number of benzene rings is 2. The molecule has 1 unspecified atom stereocenters. The number of halogens is 1. The van der Waals surface area contributed by atoms with E-state index in [9.17, 15) is 0 Å². The van der Waals surface area contributed by atoms with Crippen LogP contribution in [0, 0.1) is 3.57 Å². The average molecular weight is 390 g/mol. The average Bonchev–Trinajstić information content (AvgIpc) is 2.98. The van der Waals surface area contributed by atoms with Crippen molar-refractivity contribution in [2.75, 3.05) is 7.05 Å². The van der Waals surface area contributed by atoms with E-state index in [1.165, 1.54) is 9.13 Å². The molecule has 0 radical (unpaired) electrons. The third-order valence-electron chi connectivity index (χ3n) is 3.34. The molecule has 1 N–H and O–H groups in total. The molecule has 3 aromatic rings. The number of aromatic nitrogens is 3. The molecule has 5 heteroatoms. The van der Waals surface area contributed by atoms with Crippen LogP contribution in [0.1, 0.15) is 17.3 Å². The SMILES string of the molecule is CNC(c1cccc(I)c1)c1cnnn1-c1ccccc1. The third kappa shape index (κ3) is 2.98. The highest BCUT2D eigenvalue weighted by atomic mass is 127. The lowest BCUT2D eigenvalue weighted by Crippen LogP contribution is -2.21. The minimum atomic E-state index is 0.0509. The maximum Gasteiger partial charge on any atom is 0.0860 e. The third-order valence-corrected chi connectivity index (χ3v) is 4.01. The predicted molar refractivity (Wildman–Crippen MR) is 91.4 cm³/mol. The summed E-state index contributed by atoms with van der Waals surface area (Å²) in [5, 5.41) is 11.7. The van der Waals surface area contributed by atoms with Gasteiger partial charge in [0.25, 0.3) is 0 Å². The smallest absolute Gasteiger partial charge is 0.0860 e. The van der Waals surface area contributed by atoms with Crippen molar-refractivity contribution in [2.24, 2.45) is 0 Å². The molecule has 1 aromatic heterocycles. The van der Waals surface area contributed by atoms with Crippen molar-refractivity contribution in [3.8, 4) is 5.69 Å². The fourth-order valence-corrected chi connectivity index (χ4v) is 2.95. The quantitative estimate of drug-likeness (QED) is 0.696. The van der Waals surface area contributed by atoms with Crippen LogP contribution in [-0.2, 0) is 0 Å². The lowest BCUT2D eigenvalue weighted by Gasteiger charge is -2.18. The number of nitrogens with zero attached hydrogens (tertiary/aromatic N) is 3. The Morgan fingerprint density at radius 1 is 1.10 bits per heavy atom. The first kappa shape index (κ1) is 14.2. The summed E-state index contributed by atoms with van der Waals surface area (Å²) in [7, 11) is 1.95. The van der Waals surface area contributed by atoms with Gasteiger partial charge in [0, 0.05) is 3.57 Å². The van der Waals surface area contributed by atoms with E-state index < -0.39 is 0 Å². The summed E-state index contributed by atoms with van der Waals surface area (Å²) in [6, 6.07) is 18.5. The number of rotatable bonds is 4. The lowest BCUT2D eigenvalue weighted by molar-refractivity contribution is 0.633. The van der Waals surface area contributed by atoms with Gasteiger partial charge in [-0.05, 0) is 59.5 Å². The number of hydrogen-bond donors (Lipinski definition) is 1. The highest BCUT2D eigenvalue weighted by Gasteiger charge is 2.18. The Labute approximate surface area is 137 Å². The summed E-state index contributed by atoms with van der Waals surface area (Å²) in [5.74, 6) is 0. The number of nitrogens with one attached hydrogen (secondary N) is 1. The van der Waals surface area contributed by atoms with E-state index >= 15 is 0 Å². The van der Waals surface area contributed by atoms with E-state index in [-0.39, 0.29) is 6.04 Å². The van der Waals surface area contributed by atoms with Gasteiger partial charge in [-0.25, -0.2) is 4.68 Å². The van der Waals surface area contributed by atoms with Crippen LogP contribution in [0.15, 0.2) is 60.8 Å². The van der Waals surface area contributed by atoms with E-state index in [1.807, 2.05) is 48.3 Å². The molecule has 0 aliphatic carbocycles. The summed E-state index contributed by atoms with van der Waals surface area (Å²) in [6.07, 6.45) is 1.81. The number of hydrogen-bond acceptors (Lipinski definition) is 3. The summed E-state index contributed by atoms with van der Waals surface area (Å²) < 4.78 is 3.09. The van der Waals surface area contributed by atoms with Crippen LogP contribution in [0.3, 0.4) is 0 Å². The first-order valence-electron chi connectivity index (χ1n) is 6.68. The van der Waals surface area contributed by atoms with Gasteiger partial charge in [0.2, 0.25) is 0 Å². The summed E-state index contributed by atoms with van der Waals surface area (Å²) in [4.78, 5) is 0. The monoisotopic (exact) mass is 390 g/mol. The van der Waals surface area contributed by atoms with Gasteiger partial charge in [-0.15, -0.1) is 5.10 Å². The molecule has 0 fully saturated rings. The highest BCUT2D eigenvalue weighted by Crippen LogP contribution is 2.24. The van der Waals surface area contributed by atoms with Gasteiger partial charge < -0.3 is 5.32 Å².